The van der Waals surface area contributed by atoms with Gasteiger partial charge in [-0.3, -0.25) is 4.79 Å². The van der Waals surface area contributed by atoms with Crippen LogP contribution in [0.25, 0.3) is 22.6 Å². The first-order chi connectivity index (χ1) is 13.1. The van der Waals surface area contributed by atoms with Crippen molar-refractivity contribution in [1.82, 2.24) is 4.98 Å². The fourth-order valence-corrected chi connectivity index (χ4v) is 2.85. The maximum absolute atomic E-state index is 12.6. The largest absolute Gasteiger partial charge is 0.436 e. The standard InChI is InChI=1S/C22H19N3O2/c1-25(2)18-10-6-7-15(14-18)21(26)23-17-9-5-8-16(13-17)22-24-19-11-3-4-12-20(19)27-22/h3-14H,1-2H3,(H,23,26). The highest BCUT2D eigenvalue weighted by Crippen LogP contribution is 2.26. The Morgan fingerprint density at radius 2 is 1.78 bits per heavy atom. The average molecular weight is 357 g/mol. The second-order valence-electron chi connectivity index (χ2n) is 6.47. The molecule has 0 radical (unpaired) electrons. The molecule has 0 spiro atoms. The number of carbonyl (C=O) groups excluding carboxylic acids is 1. The molecule has 4 aromatic rings. The molecule has 1 amide bonds. The van der Waals surface area contributed by atoms with Crippen LogP contribution in [-0.2, 0) is 0 Å². The van der Waals surface area contributed by atoms with Gasteiger partial charge in [-0.05, 0) is 48.5 Å². The smallest absolute Gasteiger partial charge is 0.255 e. The molecule has 0 atom stereocenters. The van der Waals surface area contributed by atoms with Crippen LogP contribution in [0.4, 0.5) is 11.4 Å². The highest BCUT2D eigenvalue weighted by molar-refractivity contribution is 6.05. The molecule has 5 nitrogen and oxygen atoms in total. The van der Waals surface area contributed by atoms with E-state index >= 15 is 0 Å². The molecule has 1 heterocycles. The van der Waals surface area contributed by atoms with Gasteiger partial charge in [0.25, 0.3) is 5.91 Å². The minimum atomic E-state index is -0.159. The molecule has 0 bridgehead atoms. The number of nitrogens with one attached hydrogen (secondary N) is 1. The lowest BCUT2D eigenvalue weighted by Crippen LogP contribution is -2.14. The summed E-state index contributed by atoms with van der Waals surface area (Å²) in [7, 11) is 3.89. The molecule has 0 saturated carbocycles. The van der Waals surface area contributed by atoms with Crippen molar-refractivity contribution in [2.75, 3.05) is 24.3 Å². The lowest BCUT2D eigenvalue weighted by atomic mass is 10.1. The summed E-state index contributed by atoms with van der Waals surface area (Å²) >= 11 is 0. The number of para-hydroxylation sites is 2. The summed E-state index contributed by atoms with van der Waals surface area (Å²) in [6, 6.07) is 22.6. The van der Waals surface area contributed by atoms with Crippen LogP contribution in [0.15, 0.2) is 77.2 Å². The van der Waals surface area contributed by atoms with Gasteiger partial charge in [0, 0.05) is 36.6 Å². The van der Waals surface area contributed by atoms with E-state index in [2.05, 4.69) is 10.3 Å². The summed E-state index contributed by atoms with van der Waals surface area (Å²) < 4.78 is 5.81. The molecule has 3 aromatic carbocycles. The molecule has 27 heavy (non-hydrogen) atoms. The Bertz CT molecular complexity index is 1080. The molecule has 5 heteroatoms. The monoisotopic (exact) mass is 357 g/mol. The molecular weight excluding hydrogens is 338 g/mol. The minimum Gasteiger partial charge on any atom is -0.436 e. The fraction of sp³-hybridized carbons (Fsp3) is 0.0909. The van der Waals surface area contributed by atoms with Crippen LogP contribution < -0.4 is 10.2 Å². The van der Waals surface area contributed by atoms with E-state index in [0.717, 1.165) is 22.4 Å². The average Bonchev–Trinajstić information content (AvgIpc) is 3.12. The molecule has 0 unspecified atom stereocenters. The highest BCUT2D eigenvalue weighted by Gasteiger charge is 2.11. The van der Waals surface area contributed by atoms with Crippen LogP contribution in [0.1, 0.15) is 10.4 Å². The third-order valence-corrected chi connectivity index (χ3v) is 4.29. The second kappa shape index (κ2) is 6.96. The third-order valence-electron chi connectivity index (χ3n) is 4.29. The van der Waals surface area contributed by atoms with Crippen molar-refractivity contribution in [3.05, 3.63) is 78.4 Å². The van der Waals surface area contributed by atoms with Gasteiger partial charge in [-0.15, -0.1) is 0 Å². The predicted molar refractivity (Wildman–Crippen MR) is 108 cm³/mol. The van der Waals surface area contributed by atoms with E-state index in [9.17, 15) is 4.79 Å². The van der Waals surface area contributed by atoms with Crippen LogP contribution in [0.3, 0.4) is 0 Å². The van der Waals surface area contributed by atoms with E-state index in [1.54, 1.807) is 6.07 Å². The minimum absolute atomic E-state index is 0.159. The van der Waals surface area contributed by atoms with Gasteiger partial charge in [0.15, 0.2) is 5.58 Å². The van der Waals surface area contributed by atoms with Gasteiger partial charge < -0.3 is 14.6 Å². The number of aromatic nitrogens is 1. The van der Waals surface area contributed by atoms with Gasteiger partial charge >= 0.3 is 0 Å². The Morgan fingerprint density at radius 1 is 0.963 bits per heavy atom. The topological polar surface area (TPSA) is 58.4 Å². The summed E-state index contributed by atoms with van der Waals surface area (Å²) in [5, 5.41) is 2.94. The Labute approximate surface area is 157 Å². The van der Waals surface area contributed by atoms with Crippen LogP contribution >= 0.6 is 0 Å². The molecule has 1 N–H and O–H groups in total. The molecule has 0 aliphatic heterocycles. The van der Waals surface area contributed by atoms with Crippen LogP contribution in [0.5, 0.6) is 0 Å². The SMILES string of the molecule is CN(C)c1cccc(C(=O)Nc2cccc(-c3nc4ccccc4o3)c2)c1. The van der Waals surface area contributed by atoms with Gasteiger partial charge in [0.2, 0.25) is 5.89 Å². The lowest BCUT2D eigenvalue weighted by Gasteiger charge is -2.13. The first kappa shape index (κ1) is 16.8. The van der Waals surface area contributed by atoms with Crippen LogP contribution in [0, 0.1) is 0 Å². The summed E-state index contributed by atoms with van der Waals surface area (Å²) in [6.45, 7) is 0. The predicted octanol–water partition coefficient (Wildman–Crippen LogP) is 4.81. The number of amides is 1. The molecule has 1 aromatic heterocycles. The number of anilines is 2. The fourth-order valence-electron chi connectivity index (χ4n) is 2.85. The number of nitrogens with zero attached hydrogens (tertiary/aromatic N) is 2. The van der Waals surface area contributed by atoms with E-state index in [1.165, 1.54) is 0 Å². The first-order valence-corrected chi connectivity index (χ1v) is 8.65. The molecular formula is C22H19N3O2. The first-order valence-electron chi connectivity index (χ1n) is 8.65. The second-order valence-corrected chi connectivity index (χ2v) is 6.47. The molecule has 0 saturated heterocycles. The zero-order valence-electron chi connectivity index (χ0n) is 15.1. The number of rotatable bonds is 4. The van der Waals surface area contributed by atoms with Crippen molar-refractivity contribution < 1.29 is 9.21 Å². The number of hydrogen-bond acceptors (Lipinski definition) is 4. The van der Waals surface area contributed by atoms with Crippen LogP contribution in [-0.4, -0.2) is 25.0 Å². The number of oxazole rings is 1. The van der Waals surface area contributed by atoms with Gasteiger partial charge in [-0.1, -0.05) is 24.3 Å². The Hall–Kier alpha value is -3.60. The Morgan fingerprint density at radius 3 is 2.59 bits per heavy atom. The highest BCUT2D eigenvalue weighted by atomic mass is 16.3. The molecule has 0 fully saturated rings. The van der Waals surface area contributed by atoms with Gasteiger partial charge in [0.1, 0.15) is 5.52 Å². The molecule has 134 valence electrons. The third kappa shape index (κ3) is 3.53. The summed E-state index contributed by atoms with van der Waals surface area (Å²) in [5.74, 6) is 0.371. The molecule has 0 aliphatic carbocycles. The van der Waals surface area contributed by atoms with Gasteiger partial charge in [-0.2, -0.15) is 0 Å². The van der Waals surface area contributed by atoms with Crippen molar-refractivity contribution in [3.63, 3.8) is 0 Å². The van der Waals surface area contributed by atoms with E-state index in [4.69, 9.17) is 4.42 Å². The van der Waals surface area contributed by atoms with E-state index in [0.29, 0.717) is 17.1 Å². The van der Waals surface area contributed by atoms with Crippen LogP contribution in [0.2, 0.25) is 0 Å². The maximum atomic E-state index is 12.6. The number of fused-ring (bicyclic) bond motifs is 1. The maximum Gasteiger partial charge on any atom is 0.255 e. The zero-order chi connectivity index (χ0) is 18.8. The Kier molecular flexibility index (Phi) is 4.34. The van der Waals surface area contributed by atoms with Gasteiger partial charge in [-0.25, -0.2) is 4.98 Å². The quantitative estimate of drug-likeness (QED) is 0.569. The van der Waals surface area contributed by atoms with Crippen molar-refractivity contribution in [2.45, 2.75) is 0 Å². The Balaban J connectivity index is 1.59. The van der Waals surface area contributed by atoms with Crippen molar-refractivity contribution in [1.29, 1.82) is 0 Å². The number of hydrogen-bond donors (Lipinski definition) is 1. The van der Waals surface area contributed by atoms with E-state index < -0.39 is 0 Å². The summed E-state index contributed by atoms with van der Waals surface area (Å²) in [4.78, 5) is 19.1. The summed E-state index contributed by atoms with van der Waals surface area (Å²) in [6.07, 6.45) is 0. The van der Waals surface area contributed by atoms with Gasteiger partial charge in [0.05, 0.1) is 0 Å². The van der Waals surface area contributed by atoms with Crippen molar-refractivity contribution >= 4 is 28.4 Å². The zero-order valence-corrected chi connectivity index (χ0v) is 15.1. The van der Waals surface area contributed by atoms with E-state index in [1.807, 2.05) is 85.7 Å². The lowest BCUT2D eigenvalue weighted by molar-refractivity contribution is 0.102. The number of benzene rings is 3. The number of carbonyl (C=O) groups is 1. The van der Waals surface area contributed by atoms with Crippen molar-refractivity contribution in [2.24, 2.45) is 0 Å². The molecule has 0 aliphatic rings. The van der Waals surface area contributed by atoms with Crippen molar-refractivity contribution in [3.8, 4) is 11.5 Å². The molecule has 4 rings (SSSR count). The normalized spacial score (nSPS) is 10.7. The summed E-state index contributed by atoms with van der Waals surface area (Å²) in [5.41, 5.74) is 4.63. The van der Waals surface area contributed by atoms with E-state index in [-0.39, 0.29) is 5.91 Å².